The van der Waals surface area contributed by atoms with E-state index in [1.54, 1.807) is 19.2 Å². The van der Waals surface area contributed by atoms with Crippen molar-refractivity contribution in [2.24, 2.45) is 0 Å². The van der Waals surface area contributed by atoms with E-state index in [1.165, 1.54) is 0 Å². The van der Waals surface area contributed by atoms with Gasteiger partial charge in [0, 0.05) is 25.4 Å². The van der Waals surface area contributed by atoms with Gasteiger partial charge in [0.25, 0.3) is 0 Å². The van der Waals surface area contributed by atoms with Crippen LogP contribution >= 0.6 is 0 Å². The third-order valence-corrected chi connectivity index (χ3v) is 4.04. The topological polar surface area (TPSA) is 90.7 Å². The smallest absolute Gasteiger partial charge is 0.249 e. The van der Waals surface area contributed by atoms with Crippen LogP contribution in [0.1, 0.15) is 11.5 Å². The first-order valence-electron chi connectivity index (χ1n) is 8.10. The molecule has 0 radical (unpaired) electrons. The lowest BCUT2D eigenvalue weighted by atomic mass is 10.2. The van der Waals surface area contributed by atoms with Gasteiger partial charge in [0.15, 0.2) is 11.5 Å². The molecule has 0 N–H and O–H groups in total. The van der Waals surface area contributed by atoms with Crippen LogP contribution in [0.3, 0.4) is 0 Å². The number of fused-ring (bicyclic) bond motifs is 2. The zero-order valence-electron chi connectivity index (χ0n) is 14.1. The molecule has 0 aliphatic heterocycles. The Bertz CT molecular complexity index is 1190. The van der Waals surface area contributed by atoms with Gasteiger partial charge in [-0.1, -0.05) is 6.07 Å². The number of hydrogen-bond acceptors (Lipinski definition) is 7. The Hall–Kier alpha value is -3.61. The third-order valence-electron chi connectivity index (χ3n) is 4.04. The number of nitrogens with zero attached hydrogens (tertiary/aromatic N) is 5. The number of aromatic nitrogens is 5. The zero-order valence-corrected chi connectivity index (χ0v) is 14.1. The number of rotatable bonds is 2. The first-order valence-corrected chi connectivity index (χ1v) is 8.10. The molecule has 0 aromatic carbocycles. The van der Waals surface area contributed by atoms with Gasteiger partial charge in [-0.05, 0) is 30.7 Å². The van der Waals surface area contributed by atoms with E-state index in [2.05, 4.69) is 24.9 Å². The second kappa shape index (κ2) is 5.45. The van der Waals surface area contributed by atoms with Gasteiger partial charge in [-0.15, -0.1) is 0 Å². The van der Waals surface area contributed by atoms with Crippen molar-refractivity contribution in [3.05, 3.63) is 54.2 Å². The van der Waals surface area contributed by atoms with Gasteiger partial charge >= 0.3 is 0 Å². The van der Waals surface area contributed by atoms with E-state index in [4.69, 9.17) is 8.83 Å². The Labute approximate surface area is 147 Å². The molecule has 0 aliphatic carbocycles. The molecule has 0 saturated heterocycles. The van der Waals surface area contributed by atoms with E-state index in [9.17, 15) is 0 Å². The number of oxazole rings is 2. The van der Waals surface area contributed by atoms with Crippen molar-refractivity contribution in [1.29, 1.82) is 0 Å². The fourth-order valence-electron chi connectivity index (χ4n) is 2.74. The molecule has 7 nitrogen and oxygen atoms in total. The Morgan fingerprint density at radius 1 is 0.808 bits per heavy atom. The normalized spacial score (nSPS) is 11.5. The van der Waals surface area contributed by atoms with E-state index < -0.39 is 0 Å². The van der Waals surface area contributed by atoms with Crippen LogP contribution < -0.4 is 0 Å². The maximum atomic E-state index is 5.82. The molecule has 0 saturated carbocycles. The predicted molar refractivity (Wildman–Crippen MR) is 95.3 cm³/mol. The van der Waals surface area contributed by atoms with Crippen molar-refractivity contribution < 1.29 is 8.83 Å². The van der Waals surface area contributed by atoms with E-state index in [0.717, 1.165) is 22.5 Å². The fourth-order valence-corrected chi connectivity index (χ4v) is 2.74. The van der Waals surface area contributed by atoms with Gasteiger partial charge in [0.05, 0.1) is 17.0 Å². The molecule has 5 aromatic heterocycles. The summed E-state index contributed by atoms with van der Waals surface area (Å²) in [7, 11) is 0. The minimum Gasteiger partial charge on any atom is -0.434 e. The van der Waals surface area contributed by atoms with Crippen molar-refractivity contribution in [3.8, 4) is 22.8 Å². The summed E-state index contributed by atoms with van der Waals surface area (Å²) in [5.74, 6) is 1.01. The summed E-state index contributed by atoms with van der Waals surface area (Å²) < 4.78 is 11.3. The molecule has 7 heteroatoms. The van der Waals surface area contributed by atoms with Crippen LogP contribution in [0.2, 0.25) is 0 Å². The van der Waals surface area contributed by atoms with Crippen LogP contribution in [0, 0.1) is 13.8 Å². The summed E-state index contributed by atoms with van der Waals surface area (Å²) in [6.45, 7) is 3.78. The molecule has 0 bridgehead atoms. The summed E-state index contributed by atoms with van der Waals surface area (Å²) in [5, 5.41) is 0. The average molecular weight is 343 g/mol. The second-order valence-corrected chi connectivity index (χ2v) is 6.04. The van der Waals surface area contributed by atoms with Crippen molar-refractivity contribution in [3.63, 3.8) is 0 Å². The lowest BCUT2D eigenvalue weighted by molar-refractivity contribution is 0.552. The Morgan fingerprint density at radius 2 is 1.62 bits per heavy atom. The van der Waals surface area contributed by atoms with Crippen LogP contribution in [-0.4, -0.2) is 24.9 Å². The molecule has 0 atom stereocenters. The van der Waals surface area contributed by atoms with E-state index >= 15 is 0 Å². The Balaban J connectivity index is 1.53. The second-order valence-electron chi connectivity index (χ2n) is 6.04. The van der Waals surface area contributed by atoms with E-state index in [1.807, 2.05) is 37.4 Å². The average Bonchev–Trinajstić information content (AvgIpc) is 3.21. The van der Waals surface area contributed by atoms with E-state index in [-0.39, 0.29) is 0 Å². The number of pyridine rings is 3. The molecular weight excluding hydrogens is 330 g/mol. The van der Waals surface area contributed by atoms with Gasteiger partial charge in [-0.3, -0.25) is 9.97 Å². The van der Waals surface area contributed by atoms with E-state index in [0.29, 0.717) is 34.2 Å². The molecule has 0 fully saturated rings. The Kier molecular flexibility index (Phi) is 3.08. The highest BCUT2D eigenvalue weighted by molar-refractivity contribution is 5.84. The SMILES string of the molecule is Cc1ccc(-c2ccc(-c3nc4nc5oc(C)nc5cc4o3)cn2)nc1. The van der Waals surface area contributed by atoms with Gasteiger partial charge in [-0.2, -0.15) is 9.97 Å². The van der Waals surface area contributed by atoms with Crippen molar-refractivity contribution >= 4 is 22.5 Å². The molecule has 0 spiro atoms. The van der Waals surface area contributed by atoms with Crippen LogP contribution in [0.4, 0.5) is 0 Å². The largest absolute Gasteiger partial charge is 0.434 e. The first kappa shape index (κ1) is 14.7. The van der Waals surface area contributed by atoms with Crippen LogP contribution in [0.5, 0.6) is 0 Å². The molecule has 0 amide bonds. The summed E-state index contributed by atoms with van der Waals surface area (Å²) >= 11 is 0. The molecule has 26 heavy (non-hydrogen) atoms. The fraction of sp³-hybridized carbons (Fsp3) is 0.105. The zero-order chi connectivity index (χ0) is 17.7. The van der Waals surface area contributed by atoms with Crippen LogP contribution in [-0.2, 0) is 0 Å². The van der Waals surface area contributed by atoms with Gasteiger partial charge < -0.3 is 8.83 Å². The molecular formula is C19H13N5O2. The highest BCUT2D eigenvalue weighted by atomic mass is 16.4. The van der Waals surface area contributed by atoms with Gasteiger partial charge in [0.1, 0.15) is 5.52 Å². The summed E-state index contributed by atoms with van der Waals surface area (Å²) in [5.41, 5.74) is 5.63. The third kappa shape index (κ3) is 2.41. The quantitative estimate of drug-likeness (QED) is 0.476. The minimum atomic E-state index is 0.452. The van der Waals surface area contributed by atoms with Crippen molar-refractivity contribution in [2.45, 2.75) is 13.8 Å². The summed E-state index contributed by atoms with van der Waals surface area (Å²) in [6.07, 6.45) is 3.54. The Morgan fingerprint density at radius 3 is 2.35 bits per heavy atom. The standard InChI is InChI=1S/C19H13N5O2/c1-10-3-5-13(20-8-10)14-6-4-12(9-21-14)18-23-17-16(26-18)7-15-19(24-17)25-11(2)22-15/h3-9H,1-2H3. The summed E-state index contributed by atoms with van der Waals surface area (Å²) in [4.78, 5) is 21.9. The molecule has 5 rings (SSSR count). The molecule has 0 aliphatic rings. The maximum absolute atomic E-state index is 5.82. The lowest BCUT2D eigenvalue weighted by Crippen LogP contribution is -1.88. The molecule has 126 valence electrons. The molecule has 5 aromatic rings. The monoisotopic (exact) mass is 343 g/mol. The van der Waals surface area contributed by atoms with Crippen molar-refractivity contribution in [1.82, 2.24) is 24.9 Å². The minimum absolute atomic E-state index is 0.452. The van der Waals surface area contributed by atoms with Crippen LogP contribution in [0.25, 0.3) is 45.3 Å². The highest BCUT2D eigenvalue weighted by Crippen LogP contribution is 2.26. The summed E-state index contributed by atoms with van der Waals surface area (Å²) in [6, 6.07) is 9.54. The van der Waals surface area contributed by atoms with Gasteiger partial charge in [0.2, 0.25) is 17.3 Å². The van der Waals surface area contributed by atoms with Crippen molar-refractivity contribution in [2.75, 3.05) is 0 Å². The number of hydrogen-bond donors (Lipinski definition) is 0. The van der Waals surface area contributed by atoms with Crippen LogP contribution in [0.15, 0.2) is 51.6 Å². The maximum Gasteiger partial charge on any atom is 0.249 e. The number of aryl methyl sites for hydroxylation is 2. The lowest BCUT2D eigenvalue weighted by Gasteiger charge is -2.01. The molecule has 5 heterocycles. The predicted octanol–water partition coefficient (Wildman–Crippen LogP) is 4.10. The van der Waals surface area contributed by atoms with Gasteiger partial charge in [-0.25, -0.2) is 4.98 Å². The highest BCUT2D eigenvalue weighted by Gasteiger charge is 2.14. The first-order chi connectivity index (χ1) is 12.7. The molecule has 0 unspecified atom stereocenters.